The Kier molecular flexibility index (Phi) is 4.62. The van der Waals surface area contributed by atoms with Crippen molar-refractivity contribution in [3.05, 3.63) is 23.7 Å². The van der Waals surface area contributed by atoms with Gasteiger partial charge >= 0.3 is 0 Å². The maximum atomic E-state index is 5.61. The topological polar surface area (TPSA) is 79.1 Å². The van der Waals surface area contributed by atoms with Crippen molar-refractivity contribution in [1.82, 2.24) is 15.0 Å². The van der Waals surface area contributed by atoms with E-state index in [4.69, 9.17) is 4.42 Å². The Morgan fingerprint density at radius 3 is 2.48 bits per heavy atom. The molecule has 7 nitrogen and oxygen atoms in total. The van der Waals surface area contributed by atoms with Gasteiger partial charge in [0.15, 0.2) is 0 Å². The highest BCUT2D eigenvalue weighted by Crippen LogP contribution is 2.20. The molecule has 0 aromatic carbocycles. The molecule has 7 heteroatoms. The number of hydrogen-bond donors (Lipinski definition) is 2. The standard InChI is InChI=1S/C14H22N6O/c1-6-15-12-17-13(19-14(18-12)20(4)5)16-10(3)11-8-7-9(2)21-11/h7-8,10H,6H2,1-5H3,(H2,15,16,17,18,19). The van der Waals surface area contributed by atoms with Gasteiger partial charge in [-0.15, -0.1) is 0 Å². The Morgan fingerprint density at radius 1 is 1.19 bits per heavy atom. The van der Waals surface area contributed by atoms with Crippen LogP contribution in [0.1, 0.15) is 31.4 Å². The molecule has 0 bridgehead atoms. The van der Waals surface area contributed by atoms with Crippen LogP contribution in [0, 0.1) is 6.92 Å². The second kappa shape index (κ2) is 6.43. The Hall–Kier alpha value is -2.31. The van der Waals surface area contributed by atoms with E-state index >= 15 is 0 Å². The lowest BCUT2D eigenvalue weighted by atomic mass is 10.2. The van der Waals surface area contributed by atoms with Gasteiger partial charge in [-0.1, -0.05) is 0 Å². The predicted molar refractivity (Wildman–Crippen MR) is 83.8 cm³/mol. The molecule has 0 amide bonds. The molecule has 0 aliphatic rings. The summed E-state index contributed by atoms with van der Waals surface area (Å²) in [5.74, 6) is 3.42. The van der Waals surface area contributed by atoms with Crippen LogP contribution in [-0.2, 0) is 0 Å². The molecule has 2 aromatic heterocycles. The Morgan fingerprint density at radius 2 is 1.90 bits per heavy atom. The fourth-order valence-corrected chi connectivity index (χ4v) is 1.82. The van der Waals surface area contributed by atoms with Gasteiger partial charge in [0.1, 0.15) is 11.5 Å². The molecule has 0 spiro atoms. The van der Waals surface area contributed by atoms with Crippen molar-refractivity contribution in [2.75, 3.05) is 36.2 Å². The first-order valence-corrected chi connectivity index (χ1v) is 6.99. The number of furan rings is 1. The van der Waals surface area contributed by atoms with Gasteiger partial charge in [-0.3, -0.25) is 0 Å². The Balaban J connectivity index is 2.21. The van der Waals surface area contributed by atoms with Crippen molar-refractivity contribution >= 4 is 17.8 Å². The number of nitrogens with zero attached hydrogens (tertiary/aromatic N) is 4. The van der Waals surface area contributed by atoms with Crippen LogP contribution in [-0.4, -0.2) is 35.6 Å². The van der Waals surface area contributed by atoms with Crippen molar-refractivity contribution in [1.29, 1.82) is 0 Å². The van der Waals surface area contributed by atoms with Crippen molar-refractivity contribution in [3.63, 3.8) is 0 Å². The monoisotopic (exact) mass is 290 g/mol. The van der Waals surface area contributed by atoms with Crippen LogP contribution in [0.2, 0.25) is 0 Å². The smallest absolute Gasteiger partial charge is 0.231 e. The average Bonchev–Trinajstić information content (AvgIpc) is 2.85. The minimum atomic E-state index is -0.0226. The van der Waals surface area contributed by atoms with Crippen LogP contribution < -0.4 is 15.5 Å². The predicted octanol–water partition coefficient (Wildman–Crippen LogP) is 2.44. The average molecular weight is 290 g/mol. The minimum absolute atomic E-state index is 0.0226. The molecule has 1 atom stereocenters. The SMILES string of the molecule is CCNc1nc(NC(C)c2ccc(C)o2)nc(N(C)C)n1. The van der Waals surface area contributed by atoms with E-state index in [-0.39, 0.29) is 6.04 Å². The largest absolute Gasteiger partial charge is 0.464 e. The summed E-state index contributed by atoms with van der Waals surface area (Å²) >= 11 is 0. The molecule has 21 heavy (non-hydrogen) atoms. The summed E-state index contributed by atoms with van der Waals surface area (Å²) in [5, 5.41) is 6.35. The number of rotatable bonds is 6. The highest BCUT2D eigenvalue weighted by Gasteiger charge is 2.13. The van der Waals surface area contributed by atoms with E-state index in [0.717, 1.165) is 18.1 Å². The molecule has 0 radical (unpaired) electrons. The van der Waals surface area contributed by atoms with Crippen molar-refractivity contribution in [3.8, 4) is 0 Å². The van der Waals surface area contributed by atoms with Crippen LogP contribution in [0.4, 0.5) is 17.8 Å². The van der Waals surface area contributed by atoms with E-state index in [1.165, 1.54) is 0 Å². The van der Waals surface area contributed by atoms with E-state index in [0.29, 0.717) is 17.8 Å². The molecule has 114 valence electrons. The van der Waals surface area contributed by atoms with Crippen LogP contribution >= 0.6 is 0 Å². The summed E-state index contributed by atoms with van der Waals surface area (Å²) in [6.07, 6.45) is 0. The minimum Gasteiger partial charge on any atom is -0.464 e. The zero-order chi connectivity index (χ0) is 15.4. The summed E-state index contributed by atoms with van der Waals surface area (Å²) in [5.41, 5.74) is 0. The fraction of sp³-hybridized carbons (Fsp3) is 0.500. The first-order valence-electron chi connectivity index (χ1n) is 6.99. The molecular formula is C14H22N6O. The van der Waals surface area contributed by atoms with Gasteiger partial charge in [0.25, 0.3) is 0 Å². The quantitative estimate of drug-likeness (QED) is 0.845. The molecule has 2 heterocycles. The number of nitrogens with one attached hydrogen (secondary N) is 2. The first-order chi connectivity index (χ1) is 9.99. The Bertz CT molecular complexity index is 595. The van der Waals surface area contributed by atoms with Gasteiger partial charge in [-0.05, 0) is 32.9 Å². The zero-order valence-corrected chi connectivity index (χ0v) is 13.1. The third-order valence-corrected chi connectivity index (χ3v) is 2.89. The molecular weight excluding hydrogens is 268 g/mol. The second-order valence-corrected chi connectivity index (χ2v) is 5.02. The van der Waals surface area contributed by atoms with Gasteiger partial charge in [-0.2, -0.15) is 15.0 Å². The molecule has 0 aliphatic carbocycles. The van der Waals surface area contributed by atoms with E-state index < -0.39 is 0 Å². The molecule has 2 rings (SSSR count). The van der Waals surface area contributed by atoms with Gasteiger partial charge in [-0.25, -0.2) is 0 Å². The van der Waals surface area contributed by atoms with Crippen LogP contribution in [0.3, 0.4) is 0 Å². The van der Waals surface area contributed by atoms with Crippen LogP contribution in [0.5, 0.6) is 0 Å². The zero-order valence-electron chi connectivity index (χ0n) is 13.1. The normalized spacial score (nSPS) is 12.0. The van der Waals surface area contributed by atoms with Crippen molar-refractivity contribution in [2.45, 2.75) is 26.8 Å². The van der Waals surface area contributed by atoms with E-state index in [1.54, 1.807) is 0 Å². The van der Waals surface area contributed by atoms with Crippen LogP contribution in [0.25, 0.3) is 0 Å². The van der Waals surface area contributed by atoms with E-state index in [1.807, 2.05) is 51.9 Å². The molecule has 2 aromatic rings. The Labute approximate surface area is 124 Å². The summed E-state index contributed by atoms with van der Waals surface area (Å²) in [7, 11) is 3.79. The van der Waals surface area contributed by atoms with Gasteiger partial charge < -0.3 is 20.0 Å². The maximum Gasteiger partial charge on any atom is 0.231 e. The highest BCUT2D eigenvalue weighted by molar-refractivity contribution is 5.43. The molecule has 0 aliphatic heterocycles. The summed E-state index contributed by atoms with van der Waals surface area (Å²) in [6, 6.07) is 3.87. The van der Waals surface area contributed by atoms with Crippen molar-refractivity contribution < 1.29 is 4.42 Å². The third-order valence-electron chi connectivity index (χ3n) is 2.89. The lowest BCUT2D eigenvalue weighted by Gasteiger charge is -2.16. The number of aromatic nitrogens is 3. The third kappa shape index (κ3) is 3.84. The van der Waals surface area contributed by atoms with Gasteiger partial charge in [0, 0.05) is 20.6 Å². The molecule has 2 N–H and O–H groups in total. The fourth-order valence-electron chi connectivity index (χ4n) is 1.82. The summed E-state index contributed by atoms with van der Waals surface area (Å²) in [6.45, 7) is 6.68. The second-order valence-electron chi connectivity index (χ2n) is 5.02. The number of anilines is 3. The van der Waals surface area contributed by atoms with Gasteiger partial charge in [0.05, 0.1) is 6.04 Å². The van der Waals surface area contributed by atoms with E-state index in [2.05, 4.69) is 25.6 Å². The van der Waals surface area contributed by atoms with Crippen LogP contribution in [0.15, 0.2) is 16.5 Å². The lowest BCUT2D eigenvalue weighted by Crippen LogP contribution is -2.18. The van der Waals surface area contributed by atoms with Crippen molar-refractivity contribution in [2.24, 2.45) is 0 Å². The maximum absolute atomic E-state index is 5.61. The molecule has 0 saturated heterocycles. The molecule has 0 fully saturated rings. The summed E-state index contributed by atoms with van der Waals surface area (Å²) in [4.78, 5) is 14.9. The molecule has 1 unspecified atom stereocenters. The highest BCUT2D eigenvalue weighted by atomic mass is 16.3. The number of aryl methyl sites for hydroxylation is 1. The lowest BCUT2D eigenvalue weighted by molar-refractivity contribution is 0.466. The van der Waals surface area contributed by atoms with E-state index in [9.17, 15) is 0 Å². The van der Waals surface area contributed by atoms with Gasteiger partial charge in [0.2, 0.25) is 17.8 Å². The summed E-state index contributed by atoms with van der Waals surface area (Å²) < 4.78 is 5.61. The molecule has 0 saturated carbocycles. The first kappa shape index (κ1) is 15.1. The number of hydrogen-bond acceptors (Lipinski definition) is 7.